The molecule has 1 atom stereocenters. The molecule has 0 fully saturated rings. The van der Waals surface area contributed by atoms with Gasteiger partial charge in [0.1, 0.15) is 5.69 Å². The van der Waals surface area contributed by atoms with Gasteiger partial charge in [0.15, 0.2) is 11.2 Å². The van der Waals surface area contributed by atoms with Crippen molar-refractivity contribution in [1.82, 2.24) is 9.55 Å². The first-order valence-corrected chi connectivity index (χ1v) is 10.4. The summed E-state index contributed by atoms with van der Waals surface area (Å²) in [6.07, 6.45) is 0.482. The third kappa shape index (κ3) is 3.97. The van der Waals surface area contributed by atoms with Gasteiger partial charge in [0.05, 0.1) is 0 Å². The molecule has 0 bridgehead atoms. The Balaban J connectivity index is 1.77. The van der Waals surface area contributed by atoms with E-state index in [4.69, 9.17) is 4.74 Å². The number of esters is 1. The lowest BCUT2D eigenvalue weighted by Crippen LogP contribution is -2.32. The molecular formula is C23H19N3O4S. The smallest absolute Gasteiger partial charge is 0.356 e. The van der Waals surface area contributed by atoms with Crippen molar-refractivity contribution in [1.29, 1.82) is 0 Å². The number of carbonyl (C=O) groups excluding carboxylic acids is 2. The molecule has 0 aliphatic rings. The average Bonchev–Trinajstić information content (AvgIpc) is 3.29. The molecule has 4 rings (SSSR count). The van der Waals surface area contributed by atoms with Crippen LogP contribution in [0.3, 0.4) is 0 Å². The summed E-state index contributed by atoms with van der Waals surface area (Å²) < 4.78 is 6.74. The van der Waals surface area contributed by atoms with Crippen LogP contribution in [0.15, 0.2) is 71.0 Å². The summed E-state index contributed by atoms with van der Waals surface area (Å²) in [7, 11) is 1.53. The molecule has 0 aliphatic heterocycles. The van der Waals surface area contributed by atoms with E-state index in [1.165, 1.54) is 29.9 Å². The second-order valence-electron chi connectivity index (χ2n) is 6.87. The molecular weight excluding hydrogens is 414 g/mol. The van der Waals surface area contributed by atoms with Crippen LogP contribution in [0.25, 0.3) is 21.9 Å². The number of ether oxygens (including phenoxy) is 1. The molecule has 1 unspecified atom stereocenters. The van der Waals surface area contributed by atoms with Crippen LogP contribution in [-0.4, -0.2) is 27.5 Å². The number of rotatable bonds is 5. The highest BCUT2D eigenvalue weighted by Gasteiger charge is 2.26. The Labute approximate surface area is 181 Å². The van der Waals surface area contributed by atoms with Crippen molar-refractivity contribution in [2.75, 3.05) is 5.32 Å². The molecule has 4 aromatic rings. The molecule has 156 valence electrons. The van der Waals surface area contributed by atoms with Crippen LogP contribution in [0.1, 0.15) is 17.4 Å². The lowest BCUT2D eigenvalue weighted by atomic mass is 9.97. The SMILES string of the molecule is CC(OC(=O)c1c(-c2ccccc2)c2ccccc2c(=O)n1C)C(=O)Nc1nccs1. The van der Waals surface area contributed by atoms with Crippen LogP contribution < -0.4 is 10.9 Å². The van der Waals surface area contributed by atoms with Crippen LogP contribution in [0.2, 0.25) is 0 Å². The van der Waals surface area contributed by atoms with E-state index in [0.29, 0.717) is 21.5 Å². The highest BCUT2D eigenvalue weighted by atomic mass is 32.1. The maximum absolute atomic E-state index is 13.2. The molecule has 2 aromatic carbocycles. The van der Waals surface area contributed by atoms with Crippen molar-refractivity contribution in [2.24, 2.45) is 7.05 Å². The Bertz CT molecular complexity index is 1310. The predicted molar refractivity (Wildman–Crippen MR) is 120 cm³/mol. The zero-order valence-electron chi connectivity index (χ0n) is 16.9. The number of pyridine rings is 1. The normalized spacial score (nSPS) is 11.8. The van der Waals surface area contributed by atoms with Crippen LogP contribution in [-0.2, 0) is 16.6 Å². The quantitative estimate of drug-likeness (QED) is 0.483. The maximum Gasteiger partial charge on any atom is 0.356 e. The summed E-state index contributed by atoms with van der Waals surface area (Å²) in [5, 5.41) is 5.88. The van der Waals surface area contributed by atoms with Crippen LogP contribution in [0.4, 0.5) is 5.13 Å². The number of nitrogens with one attached hydrogen (secondary N) is 1. The lowest BCUT2D eigenvalue weighted by Gasteiger charge is -2.18. The Morgan fingerprint density at radius 1 is 1.06 bits per heavy atom. The van der Waals surface area contributed by atoms with Crippen molar-refractivity contribution >= 4 is 39.1 Å². The van der Waals surface area contributed by atoms with Gasteiger partial charge in [-0.15, -0.1) is 11.3 Å². The zero-order valence-corrected chi connectivity index (χ0v) is 17.7. The number of carbonyl (C=O) groups is 2. The Morgan fingerprint density at radius 2 is 1.74 bits per heavy atom. The van der Waals surface area contributed by atoms with Crippen molar-refractivity contribution in [3.63, 3.8) is 0 Å². The molecule has 0 spiro atoms. The summed E-state index contributed by atoms with van der Waals surface area (Å²) in [6, 6.07) is 16.4. The molecule has 0 saturated heterocycles. The van der Waals surface area contributed by atoms with Gasteiger partial charge in [-0.25, -0.2) is 9.78 Å². The van der Waals surface area contributed by atoms with Crippen molar-refractivity contribution in [3.05, 3.63) is 82.2 Å². The van der Waals surface area contributed by atoms with Gasteiger partial charge in [-0.05, 0) is 23.9 Å². The standard InChI is InChI=1S/C23H19N3O4S/c1-14(20(27)25-23-24-12-13-31-23)30-22(29)19-18(15-8-4-3-5-9-15)16-10-6-7-11-17(16)21(28)26(19)2/h3-14H,1-2H3,(H,24,25,27). The topological polar surface area (TPSA) is 90.3 Å². The highest BCUT2D eigenvalue weighted by Crippen LogP contribution is 2.31. The van der Waals surface area contributed by atoms with Gasteiger partial charge in [-0.1, -0.05) is 48.5 Å². The van der Waals surface area contributed by atoms with E-state index in [0.717, 1.165) is 5.56 Å². The van der Waals surface area contributed by atoms with Crippen molar-refractivity contribution in [3.8, 4) is 11.1 Å². The fourth-order valence-electron chi connectivity index (χ4n) is 3.36. The summed E-state index contributed by atoms with van der Waals surface area (Å²) in [5.41, 5.74) is 1.11. The van der Waals surface area contributed by atoms with Gasteiger partial charge in [0.2, 0.25) is 0 Å². The van der Waals surface area contributed by atoms with E-state index in [-0.39, 0.29) is 11.3 Å². The number of hydrogen-bond acceptors (Lipinski definition) is 6. The number of fused-ring (bicyclic) bond motifs is 1. The summed E-state index contributed by atoms with van der Waals surface area (Å²) in [5.74, 6) is -1.26. The summed E-state index contributed by atoms with van der Waals surface area (Å²) in [4.78, 5) is 42.5. The molecule has 1 N–H and O–H groups in total. The third-order valence-electron chi connectivity index (χ3n) is 4.87. The van der Waals surface area contributed by atoms with Crippen molar-refractivity contribution < 1.29 is 14.3 Å². The maximum atomic E-state index is 13.2. The van der Waals surface area contributed by atoms with E-state index in [1.807, 2.05) is 36.4 Å². The lowest BCUT2D eigenvalue weighted by molar-refractivity contribution is -0.123. The second kappa shape index (κ2) is 8.53. The van der Waals surface area contributed by atoms with E-state index in [2.05, 4.69) is 10.3 Å². The number of amides is 1. The van der Waals surface area contributed by atoms with Gasteiger partial charge < -0.3 is 9.30 Å². The number of anilines is 1. The fraction of sp³-hybridized carbons (Fsp3) is 0.130. The van der Waals surface area contributed by atoms with Crippen LogP contribution in [0, 0.1) is 0 Å². The first-order valence-electron chi connectivity index (χ1n) is 9.56. The first-order chi connectivity index (χ1) is 15.0. The van der Waals surface area contributed by atoms with Gasteiger partial charge >= 0.3 is 5.97 Å². The molecule has 8 heteroatoms. The highest BCUT2D eigenvalue weighted by molar-refractivity contribution is 7.13. The Kier molecular flexibility index (Phi) is 5.64. The van der Waals surface area contributed by atoms with E-state index in [9.17, 15) is 14.4 Å². The minimum atomic E-state index is -1.08. The van der Waals surface area contributed by atoms with Crippen LogP contribution in [0.5, 0.6) is 0 Å². The van der Waals surface area contributed by atoms with E-state index >= 15 is 0 Å². The summed E-state index contributed by atoms with van der Waals surface area (Å²) >= 11 is 1.26. The number of benzene rings is 2. The first kappa shape index (κ1) is 20.5. The fourth-order valence-corrected chi connectivity index (χ4v) is 3.90. The van der Waals surface area contributed by atoms with E-state index < -0.39 is 18.0 Å². The third-order valence-corrected chi connectivity index (χ3v) is 5.56. The number of aromatic nitrogens is 2. The van der Waals surface area contributed by atoms with E-state index in [1.54, 1.807) is 29.8 Å². The minimum absolute atomic E-state index is 0.0869. The molecule has 0 aliphatic carbocycles. The number of thiazole rings is 1. The summed E-state index contributed by atoms with van der Waals surface area (Å²) in [6.45, 7) is 1.47. The predicted octanol–water partition coefficient (Wildman–Crippen LogP) is 3.85. The molecule has 2 aromatic heterocycles. The van der Waals surface area contributed by atoms with Gasteiger partial charge in [-0.3, -0.25) is 14.9 Å². The molecule has 2 heterocycles. The van der Waals surface area contributed by atoms with Gasteiger partial charge in [0.25, 0.3) is 11.5 Å². The van der Waals surface area contributed by atoms with Crippen LogP contribution >= 0.6 is 11.3 Å². The largest absolute Gasteiger partial charge is 0.448 e. The molecule has 0 radical (unpaired) electrons. The second-order valence-corrected chi connectivity index (χ2v) is 7.77. The number of hydrogen-bond donors (Lipinski definition) is 1. The van der Waals surface area contributed by atoms with Crippen molar-refractivity contribution in [2.45, 2.75) is 13.0 Å². The number of nitrogens with zero attached hydrogens (tertiary/aromatic N) is 2. The molecule has 0 saturated carbocycles. The Morgan fingerprint density at radius 3 is 2.42 bits per heavy atom. The zero-order chi connectivity index (χ0) is 22.0. The van der Waals surface area contributed by atoms with Gasteiger partial charge in [0, 0.05) is 29.6 Å². The molecule has 7 nitrogen and oxygen atoms in total. The minimum Gasteiger partial charge on any atom is -0.448 e. The Hall–Kier alpha value is -3.78. The molecule has 1 amide bonds. The average molecular weight is 433 g/mol. The monoisotopic (exact) mass is 433 g/mol. The molecule has 31 heavy (non-hydrogen) atoms. The van der Waals surface area contributed by atoms with Gasteiger partial charge in [-0.2, -0.15) is 0 Å².